The van der Waals surface area contributed by atoms with Gasteiger partial charge in [0.1, 0.15) is 0 Å². The van der Waals surface area contributed by atoms with E-state index in [1.807, 2.05) is 0 Å². The highest BCUT2D eigenvalue weighted by atomic mass is 19.2. The first-order valence-corrected chi connectivity index (χ1v) is 6.00. The molecule has 7 heteroatoms. The topological polar surface area (TPSA) is 38.7 Å². The molecule has 3 nitrogen and oxygen atoms in total. The molecule has 0 aliphatic rings. The fourth-order valence-corrected chi connectivity index (χ4v) is 1.16. The van der Waals surface area contributed by atoms with E-state index in [1.54, 1.807) is 13.8 Å². The summed E-state index contributed by atoms with van der Waals surface area (Å²) in [4.78, 5) is 0. The standard InChI is InChI=1S/C13H17BF3O3/c1-12(2,18)13(3,4)20-14-8-5-6-9(19-7-15)11(17)10(8)16/h5-6,18H,7H2,1-4H3. The van der Waals surface area contributed by atoms with Crippen molar-refractivity contribution in [3.63, 3.8) is 0 Å². The van der Waals surface area contributed by atoms with Gasteiger partial charge in [-0.25, -0.2) is 8.78 Å². The van der Waals surface area contributed by atoms with E-state index in [9.17, 15) is 18.3 Å². The Labute approximate surface area is 117 Å². The number of rotatable bonds is 6. The van der Waals surface area contributed by atoms with Crippen LogP contribution in [0.25, 0.3) is 0 Å². The van der Waals surface area contributed by atoms with E-state index in [-0.39, 0.29) is 5.46 Å². The molecule has 0 saturated heterocycles. The van der Waals surface area contributed by atoms with Crippen molar-refractivity contribution in [3.8, 4) is 5.75 Å². The molecule has 0 saturated carbocycles. The summed E-state index contributed by atoms with van der Waals surface area (Å²) in [7, 11) is 1.01. The van der Waals surface area contributed by atoms with Gasteiger partial charge in [0.15, 0.2) is 17.4 Å². The molecule has 111 valence electrons. The Bertz CT molecular complexity index is 473. The first-order chi connectivity index (χ1) is 9.10. The summed E-state index contributed by atoms with van der Waals surface area (Å²) >= 11 is 0. The second-order valence-electron chi connectivity index (χ2n) is 5.34. The van der Waals surface area contributed by atoms with E-state index in [0.29, 0.717) is 0 Å². The lowest BCUT2D eigenvalue weighted by atomic mass is 9.82. The fourth-order valence-electron chi connectivity index (χ4n) is 1.16. The van der Waals surface area contributed by atoms with Gasteiger partial charge >= 0.3 is 7.48 Å². The Morgan fingerprint density at radius 3 is 2.25 bits per heavy atom. The minimum atomic E-state index is -1.29. The van der Waals surface area contributed by atoms with E-state index in [2.05, 4.69) is 4.74 Å². The molecular formula is C13H17BF3O3. The predicted octanol–water partition coefficient (Wildman–Crippen LogP) is 2.08. The molecule has 0 aliphatic carbocycles. The third kappa shape index (κ3) is 3.67. The minimum absolute atomic E-state index is 0.161. The molecular weight excluding hydrogens is 272 g/mol. The molecule has 1 radical (unpaired) electrons. The van der Waals surface area contributed by atoms with Crippen molar-refractivity contribution in [1.29, 1.82) is 0 Å². The highest BCUT2D eigenvalue weighted by Crippen LogP contribution is 2.24. The molecule has 0 unspecified atom stereocenters. The SMILES string of the molecule is CC(C)(O)C(C)(C)O[B]c1ccc(OCF)c(F)c1F. The lowest BCUT2D eigenvalue weighted by Crippen LogP contribution is -2.49. The summed E-state index contributed by atoms with van der Waals surface area (Å²) in [6.07, 6.45) is 0. The van der Waals surface area contributed by atoms with Gasteiger partial charge < -0.3 is 14.5 Å². The number of hydrogen-bond donors (Lipinski definition) is 1. The number of halogens is 3. The molecule has 0 spiro atoms. The third-order valence-corrected chi connectivity index (χ3v) is 3.24. The average molecular weight is 289 g/mol. The van der Waals surface area contributed by atoms with Gasteiger partial charge in [0.05, 0.1) is 11.2 Å². The molecule has 0 heterocycles. The van der Waals surface area contributed by atoms with E-state index < -0.39 is 35.4 Å². The van der Waals surface area contributed by atoms with Crippen LogP contribution in [-0.2, 0) is 4.65 Å². The molecule has 0 fully saturated rings. The fraction of sp³-hybridized carbons (Fsp3) is 0.538. The van der Waals surface area contributed by atoms with Gasteiger partial charge in [0.25, 0.3) is 0 Å². The van der Waals surface area contributed by atoms with Crippen LogP contribution in [-0.4, -0.2) is 30.7 Å². The normalized spacial score (nSPS) is 12.4. The van der Waals surface area contributed by atoms with E-state index in [4.69, 9.17) is 4.65 Å². The number of benzene rings is 1. The van der Waals surface area contributed by atoms with E-state index >= 15 is 0 Å². The second kappa shape index (κ2) is 6.05. The van der Waals surface area contributed by atoms with Crippen LogP contribution < -0.4 is 10.2 Å². The molecule has 1 N–H and O–H groups in total. The summed E-state index contributed by atoms with van der Waals surface area (Å²) in [5, 5.41) is 9.89. The van der Waals surface area contributed by atoms with Crippen molar-refractivity contribution < 1.29 is 27.7 Å². The van der Waals surface area contributed by atoms with Crippen molar-refractivity contribution >= 4 is 12.9 Å². The van der Waals surface area contributed by atoms with Crippen molar-refractivity contribution in [2.75, 3.05) is 6.86 Å². The molecule has 0 aromatic heterocycles. The molecule has 0 aliphatic heterocycles. The Kier molecular flexibility index (Phi) is 5.10. The van der Waals surface area contributed by atoms with E-state index in [0.717, 1.165) is 13.5 Å². The minimum Gasteiger partial charge on any atom is -0.460 e. The highest BCUT2D eigenvalue weighted by molar-refractivity contribution is 6.47. The van der Waals surface area contributed by atoms with Crippen LogP contribution in [0.3, 0.4) is 0 Å². The summed E-state index contributed by atoms with van der Waals surface area (Å²) in [5.41, 5.74) is -2.36. The second-order valence-corrected chi connectivity index (χ2v) is 5.34. The third-order valence-electron chi connectivity index (χ3n) is 3.24. The van der Waals surface area contributed by atoms with Crippen LogP contribution in [0.1, 0.15) is 27.7 Å². The molecule has 0 atom stereocenters. The van der Waals surface area contributed by atoms with Gasteiger partial charge in [-0.05, 0) is 39.2 Å². The number of alkyl halides is 1. The Morgan fingerprint density at radius 1 is 1.15 bits per heavy atom. The first kappa shape index (κ1) is 16.8. The van der Waals surface area contributed by atoms with Crippen LogP contribution in [0.2, 0.25) is 0 Å². The number of ether oxygens (including phenoxy) is 1. The molecule has 1 aromatic rings. The number of aliphatic hydroxyl groups is 1. The van der Waals surface area contributed by atoms with Crippen LogP contribution >= 0.6 is 0 Å². The monoisotopic (exact) mass is 289 g/mol. The maximum Gasteiger partial charge on any atom is 0.334 e. The molecule has 0 bridgehead atoms. The zero-order valence-electron chi connectivity index (χ0n) is 11.8. The van der Waals surface area contributed by atoms with Gasteiger partial charge in [0.2, 0.25) is 6.86 Å². The van der Waals surface area contributed by atoms with Crippen molar-refractivity contribution in [3.05, 3.63) is 23.8 Å². The summed E-state index contributed by atoms with van der Waals surface area (Å²) < 4.78 is 48.8. The summed E-state index contributed by atoms with van der Waals surface area (Å²) in [6.45, 7) is 5.05. The van der Waals surface area contributed by atoms with Crippen LogP contribution in [0.5, 0.6) is 5.75 Å². The van der Waals surface area contributed by atoms with Crippen molar-refractivity contribution in [2.45, 2.75) is 38.9 Å². The van der Waals surface area contributed by atoms with Crippen LogP contribution in [0.4, 0.5) is 13.2 Å². The van der Waals surface area contributed by atoms with Gasteiger partial charge in [-0.2, -0.15) is 4.39 Å². The lowest BCUT2D eigenvalue weighted by molar-refractivity contribution is -0.0893. The van der Waals surface area contributed by atoms with Crippen molar-refractivity contribution in [2.24, 2.45) is 0 Å². The average Bonchev–Trinajstić information content (AvgIpc) is 2.33. The zero-order valence-corrected chi connectivity index (χ0v) is 11.8. The molecule has 20 heavy (non-hydrogen) atoms. The Morgan fingerprint density at radius 2 is 1.75 bits per heavy atom. The molecule has 1 rings (SSSR count). The first-order valence-electron chi connectivity index (χ1n) is 6.00. The van der Waals surface area contributed by atoms with E-state index in [1.165, 1.54) is 19.9 Å². The molecule has 0 amide bonds. The maximum atomic E-state index is 13.7. The largest absolute Gasteiger partial charge is 0.460 e. The predicted molar refractivity (Wildman–Crippen MR) is 69.8 cm³/mol. The Hall–Kier alpha value is -1.21. The maximum absolute atomic E-state index is 13.7. The highest BCUT2D eigenvalue weighted by Gasteiger charge is 2.36. The van der Waals surface area contributed by atoms with Gasteiger partial charge in [-0.15, -0.1) is 0 Å². The Balaban J connectivity index is 2.87. The van der Waals surface area contributed by atoms with Crippen molar-refractivity contribution in [1.82, 2.24) is 0 Å². The van der Waals surface area contributed by atoms with Gasteiger partial charge in [-0.3, -0.25) is 0 Å². The molecule has 1 aromatic carbocycles. The smallest absolute Gasteiger partial charge is 0.334 e. The van der Waals surface area contributed by atoms with Crippen LogP contribution in [0.15, 0.2) is 12.1 Å². The quantitative estimate of drug-likeness (QED) is 0.815. The summed E-state index contributed by atoms with van der Waals surface area (Å²) in [6, 6.07) is 2.30. The van der Waals surface area contributed by atoms with Gasteiger partial charge in [-0.1, -0.05) is 6.07 Å². The van der Waals surface area contributed by atoms with Crippen LogP contribution in [0, 0.1) is 11.6 Å². The van der Waals surface area contributed by atoms with Gasteiger partial charge in [0, 0.05) is 0 Å². The lowest BCUT2D eigenvalue weighted by Gasteiger charge is -2.37. The number of hydrogen-bond acceptors (Lipinski definition) is 3. The zero-order chi connectivity index (χ0) is 15.6. The summed E-state index contributed by atoms with van der Waals surface area (Å²) in [5.74, 6) is -3.01.